The second-order valence-corrected chi connectivity index (χ2v) is 4.44. The van der Waals surface area contributed by atoms with Crippen LogP contribution in [0.5, 0.6) is 0 Å². The fraction of sp³-hybridized carbons (Fsp3) is 1.00. The van der Waals surface area contributed by atoms with E-state index >= 15 is 0 Å². The van der Waals surface area contributed by atoms with E-state index in [1.165, 1.54) is 32.1 Å². The molecule has 0 aromatic carbocycles. The van der Waals surface area contributed by atoms with Crippen LogP contribution in [0.3, 0.4) is 0 Å². The first kappa shape index (κ1) is 14.0. The Morgan fingerprint density at radius 2 is 1.57 bits per heavy atom. The Kier molecular flexibility index (Phi) is 9.49. The van der Waals surface area contributed by atoms with E-state index in [2.05, 4.69) is 20.8 Å². The lowest BCUT2D eigenvalue weighted by molar-refractivity contribution is 0.142. The molecule has 0 radical (unpaired) electrons. The minimum Gasteiger partial charge on any atom is -0.393 e. The second kappa shape index (κ2) is 9.51. The van der Waals surface area contributed by atoms with Gasteiger partial charge in [0, 0.05) is 0 Å². The van der Waals surface area contributed by atoms with Crippen molar-refractivity contribution in [3.8, 4) is 0 Å². The molecule has 0 aromatic heterocycles. The van der Waals surface area contributed by atoms with E-state index in [1.54, 1.807) is 0 Å². The first-order valence-corrected chi connectivity index (χ1v) is 6.42. The highest BCUT2D eigenvalue weighted by Gasteiger charge is 2.09. The Labute approximate surface area is 89.9 Å². The maximum absolute atomic E-state index is 9.62. The van der Waals surface area contributed by atoms with Crippen LogP contribution < -0.4 is 0 Å². The number of aliphatic hydroxyl groups is 1. The molecule has 2 atom stereocenters. The maximum Gasteiger partial charge on any atom is 0.0540 e. The third kappa shape index (κ3) is 7.37. The molecule has 0 heterocycles. The fourth-order valence-corrected chi connectivity index (χ4v) is 1.95. The number of hydrogen-bond donors (Lipinski definition) is 1. The van der Waals surface area contributed by atoms with Crippen molar-refractivity contribution in [3.63, 3.8) is 0 Å². The van der Waals surface area contributed by atoms with E-state index in [0.717, 1.165) is 25.2 Å². The molecule has 0 amide bonds. The quantitative estimate of drug-likeness (QED) is 0.593. The van der Waals surface area contributed by atoms with Crippen LogP contribution in [0.4, 0.5) is 0 Å². The standard InChI is InChI=1S/C13H28O/c1-4-7-9-12(6-3)10-11-13(14)8-5-2/h12-14H,4-11H2,1-3H3. The highest BCUT2D eigenvalue weighted by atomic mass is 16.3. The SMILES string of the molecule is CCCCC(CC)CCC(O)CCC. The van der Waals surface area contributed by atoms with Gasteiger partial charge >= 0.3 is 0 Å². The highest BCUT2D eigenvalue weighted by Crippen LogP contribution is 2.20. The first-order chi connectivity index (χ1) is 6.74. The summed E-state index contributed by atoms with van der Waals surface area (Å²) in [6, 6.07) is 0. The van der Waals surface area contributed by atoms with Crippen molar-refractivity contribution < 1.29 is 5.11 Å². The van der Waals surface area contributed by atoms with Gasteiger partial charge in [-0.2, -0.15) is 0 Å². The van der Waals surface area contributed by atoms with Crippen molar-refractivity contribution in [1.29, 1.82) is 0 Å². The number of rotatable bonds is 9. The van der Waals surface area contributed by atoms with E-state index in [0.29, 0.717) is 0 Å². The summed E-state index contributed by atoms with van der Waals surface area (Å²) < 4.78 is 0. The molecule has 0 fully saturated rings. The second-order valence-electron chi connectivity index (χ2n) is 4.44. The summed E-state index contributed by atoms with van der Waals surface area (Å²) in [7, 11) is 0. The molecule has 0 aliphatic carbocycles. The predicted molar refractivity (Wildman–Crippen MR) is 63.5 cm³/mol. The zero-order valence-corrected chi connectivity index (χ0v) is 10.3. The molecule has 86 valence electrons. The van der Waals surface area contributed by atoms with Gasteiger partial charge in [-0.3, -0.25) is 0 Å². The molecule has 0 saturated heterocycles. The van der Waals surface area contributed by atoms with Crippen LogP contribution in [0, 0.1) is 5.92 Å². The zero-order valence-electron chi connectivity index (χ0n) is 10.3. The van der Waals surface area contributed by atoms with E-state index in [9.17, 15) is 5.11 Å². The molecule has 0 aromatic rings. The van der Waals surface area contributed by atoms with Crippen LogP contribution in [0.2, 0.25) is 0 Å². The van der Waals surface area contributed by atoms with Crippen molar-refractivity contribution in [2.24, 2.45) is 5.92 Å². The molecule has 1 heteroatoms. The molecule has 0 rings (SSSR count). The molecule has 14 heavy (non-hydrogen) atoms. The fourth-order valence-electron chi connectivity index (χ4n) is 1.95. The largest absolute Gasteiger partial charge is 0.393 e. The molecule has 2 unspecified atom stereocenters. The maximum atomic E-state index is 9.62. The van der Waals surface area contributed by atoms with E-state index < -0.39 is 0 Å². The van der Waals surface area contributed by atoms with Gasteiger partial charge in [0.15, 0.2) is 0 Å². The van der Waals surface area contributed by atoms with E-state index in [4.69, 9.17) is 0 Å². The summed E-state index contributed by atoms with van der Waals surface area (Å²) in [6.07, 6.45) is 9.54. The topological polar surface area (TPSA) is 20.2 Å². The molecule has 0 aliphatic heterocycles. The Hall–Kier alpha value is -0.0400. The summed E-state index contributed by atoms with van der Waals surface area (Å²) in [6.45, 7) is 6.66. The molecule has 1 N–H and O–H groups in total. The normalized spacial score (nSPS) is 15.4. The van der Waals surface area contributed by atoms with Crippen molar-refractivity contribution in [2.75, 3.05) is 0 Å². The van der Waals surface area contributed by atoms with Crippen molar-refractivity contribution in [3.05, 3.63) is 0 Å². The van der Waals surface area contributed by atoms with Crippen LogP contribution >= 0.6 is 0 Å². The third-order valence-electron chi connectivity index (χ3n) is 3.07. The number of hydrogen-bond acceptors (Lipinski definition) is 1. The van der Waals surface area contributed by atoms with Crippen molar-refractivity contribution in [1.82, 2.24) is 0 Å². The van der Waals surface area contributed by atoms with E-state index in [1.807, 2.05) is 0 Å². The highest BCUT2D eigenvalue weighted by molar-refractivity contribution is 4.62. The van der Waals surface area contributed by atoms with Gasteiger partial charge in [-0.1, -0.05) is 52.9 Å². The summed E-state index contributed by atoms with van der Waals surface area (Å²) in [5, 5.41) is 9.62. The zero-order chi connectivity index (χ0) is 10.8. The average Bonchev–Trinajstić information content (AvgIpc) is 2.19. The summed E-state index contributed by atoms with van der Waals surface area (Å²) in [5.41, 5.74) is 0. The summed E-state index contributed by atoms with van der Waals surface area (Å²) in [5.74, 6) is 0.849. The lowest BCUT2D eigenvalue weighted by Crippen LogP contribution is -2.09. The van der Waals surface area contributed by atoms with Gasteiger partial charge in [0.1, 0.15) is 0 Å². The van der Waals surface area contributed by atoms with Crippen LogP contribution in [0.25, 0.3) is 0 Å². The minimum absolute atomic E-state index is 0.0457. The first-order valence-electron chi connectivity index (χ1n) is 6.42. The number of aliphatic hydroxyl groups excluding tert-OH is 1. The molecule has 0 saturated carbocycles. The third-order valence-corrected chi connectivity index (χ3v) is 3.07. The smallest absolute Gasteiger partial charge is 0.0540 e. The number of unbranched alkanes of at least 4 members (excludes halogenated alkanes) is 1. The summed E-state index contributed by atoms with van der Waals surface area (Å²) >= 11 is 0. The Morgan fingerprint density at radius 1 is 0.857 bits per heavy atom. The Balaban J connectivity index is 3.50. The molecule has 1 nitrogen and oxygen atoms in total. The van der Waals surface area contributed by atoms with Gasteiger partial charge in [0.05, 0.1) is 6.10 Å². The minimum atomic E-state index is -0.0457. The van der Waals surface area contributed by atoms with Gasteiger partial charge < -0.3 is 5.11 Å². The Bertz CT molecular complexity index is 112. The van der Waals surface area contributed by atoms with Crippen LogP contribution in [0.15, 0.2) is 0 Å². The lowest BCUT2D eigenvalue weighted by atomic mass is 9.92. The van der Waals surface area contributed by atoms with Gasteiger partial charge in [-0.15, -0.1) is 0 Å². The van der Waals surface area contributed by atoms with E-state index in [-0.39, 0.29) is 6.10 Å². The van der Waals surface area contributed by atoms with Crippen LogP contribution in [0.1, 0.15) is 72.1 Å². The van der Waals surface area contributed by atoms with Crippen LogP contribution in [-0.2, 0) is 0 Å². The van der Waals surface area contributed by atoms with Crippen molar-refractivity contribution in [2.45, 2.75) is 78.2 Å². The van der Waals surface area contributed by atoms with Crippen LogP contribution in [-0.4, -0.2) is 11.2 Å². The van der Waals surface area contributed by atoms with Gasteiger partial charge in [0.2, 0.25) is 0 Å². The molecule has 0 spiro atoms. The molecular weight excluding hydrogens is 172 g/mol. The van der Waals surface area contributed by atoms with Gasteiger partial charge in [-0.05, 0) is 25.2 Å². The predicted octanol–water partition coefficient (Wildman–Crippen LogP) is 4.14. The molecular formula is C13H28O. The summed E-state index contributed by atoms with van der Waals surface area (Å²) in [4.78, 5) is 0. The molecule has 0 bridgehead atoms. The lowest BCUT2D eigenvalue weighted by Gasteiger charge is -2.16. The average molecular weight is 200 g/mol. The van der Waals surface area contributed by atoms with Gasteiger partial charge in [-0.25, -0.2) is 0 Å². The van der Waals surface area contributed by atoms with Gasteiger partial charge in [0.25, 0.3) is 0 Å². The Morgan fingerprint density at radius 3 is 2.07 bits per heavy atom. The van der Waals surface area contributed by atoms with Crippen molar-refractivity contribution >= 4 is 0 Å². The monoisotopic (exact) mass is 200 g/mol. The molecule has 0 aliphatic rings.